The van der Waals surface area contributed by atoms with Gasteiger partial charge >= 0.3 is 0 Å². The fourth-order valence-corrected chi connectivity index (χ4v) is 5.53. The Morgan fingerprint density at radius 1 is 1.34 bits per heavy atom. The summed E-state index contributed by atoms with van der Waals surface area (Å²) < 4.78 is 38.9. The lowest BCUT2D eigenvalue weighted by Crippen LogP contribution is -2.51. The molecule has 1 N–H and O–H groups in total. The normalized spacial score (nSPS) is 22.8. The minimum absolute atomic E-state index is 0.0421. The van der Waals surface area contributed by atoms with Gasteiger partial charge in [-0.05, 0) is 56.4 Å². The zero-order valence-electron chi connectivity index (χ0n) is 18.1. The van der Waals surface area contributed by atoms with Crippen LogP contribution in [0.25, 0.3) is 0 Å². The van der Waals surface area contributed by atoms with Crippen LogP contribution in [0.3, 0.4) is 0 Å². The lowest BCUT2D eigenvalue weighted by Gasteiger charge is -2.36. The molecule has 0 saturated carbocycles. The zero-order chi connectivity index (χ0) is 21.7. The Morgan fingerprint density at radius 3 is 2.55 bits per heavy atom. The predicted molar refractivity (Wildman–Crippen MR) is 113 cm³/mol. The Hall–Kier alpha value is -1.64. The molecule has 1 saturated heterocycles. The molecular weight excluding hydrogens is 392 g/mol. The number of amides is 1. The molecule has 1 fully saturated rings. The van der Waals surface area contributed by atoms with Crippen LogP contribution in [0.15, 0.2) is 24.3 Å². The molecule has 0 aliphatic carbocycles. The average Bonchev–Trinajstić information content (AvgIpc) is 3.04. The molecule has 0 spiro atoms. The summed E-state index contributed by atoms with van der Waals surface area (Å²) in [4.78, 5) is 12.3. The quantitative estimate of drug-likeness (QED) is 0.622. The highest BCUT2D eigenvalue weighted by Gasteiger charge is 2.49. The number of methoxy groups -OCH3 is 1. The number of ether oxygens (including phenoxy) is 2. The Labute approximate surface area is 174 Å². The molecule has 1 aliphatic rings. The number of nitrogens with one attached hydrogen (secondary N) is 1. The van der Waals surface area contributed by atoms with Gasteiger partial charge in [0.05, 0.1) is 25.5 Å². The lowest BCUT2D eigenvalue weighted by atomic mass is 10.0. The van der Waals surface area contributed by atoms with Gasteiger partial charge in [-0.25, -0.2) is 8.42 Å². The van der Waals surface area contributed by atoms with E-state index in [1.165, 1.54) is 0 Å². The van der Waals surface area contributed by atoms with Gasteiger partial charge in [-0.2, -0.15) is 4.31 Å². The smallest absolute Gasteiger partial charge is 0.251 e. The van der Waals surface area contributed by atoms with Crippen molar-refractivity contribution in [1.82, 2.24) is 9.62 Å². The standard InChI is InChI=1S/C21H34N2O5S/c1-6-18-15-28-21(4,12-11-16(2)3)23(18)29(25,26)14-13-22-20(24)17-7-9-19(27-5)10-8-17/h7-10,16,18H,6,11-15H2,1-5H3,(H,22,24)/t18-,21+/m0/s1. The van der Waals surface area contributed by atoms with Gasteiger partial charge in [-0.1, -0.05) is 20.8 Å². The van der Waals surface area contributed by atoms with E-state index in [-0.39, 0.29) is 24.2 Å². The lowest BCUT2D eigenvalue weighted by molar-refractivity contribution is -0.0433. The van der Waals surface area contributed by atoms with Gasteiger partial charge in [0.1, 0.15) is 11.5 Å². The van der Waals surface area contributed by atoms with E-state index in [1.807, 2.05) is 13.8 Å². The molecule has 2 atom stereocenters. The first-order valence-electron chi connectivity index (χ1n) is 10.2. The molecule has 0 unspecified atom stereocenters. The first kappa shape index (κ1) is 23.6. The van der Waals surface area contributed by atoms with Crippen molar-refractivity contribution >= 4 is 15.9 Å². The van der Waals surface area contributed by atoms with Gasteiger partial charge < -0.3 is 14.8 Å². The third-order valence-electron chi connectivity index (χ3n) is 5.34. The molecule has 0 bridgehead atoms. The van der Waals surface area contributed by atoms with Crippen molar-refractivity contribution in [3.63, 3.8) is 0 Å². The summed E-state index contributed by atoms with van der Waals surface area (Å²) in [5.41, 5.74) is -0.370. The summed E-state index contributed by atoms with van der Waals surface area (Å²) in [7, 11) is -2.04. The number of benzene rings is 1. The van der Waals surface area contributed by atoms with Crippen LogP contribution in [0.5, 0.6) is 5.75 Å². The van der Waals surface area contributed by atoms with E-state index in [0.717, 1.165) is 6.42 Å². The number of rotatable bonds is 10. The molecule has 2 rings (SSSR count). The molecular formula is C21H34N2O5S. The van der Waals surface area contributed by atoms with E-state index in [0.29, 0.717) is 36.7 Å². The van der Waals surface area contributed by atoms with Crippen molar-refractivity contribution in [3.05, 3.63) is 29.8 Å². The summed E-state index contributed by atoms with van der Waals surface area (Å²) >= 11 is 0. The Bertz CT molecular complexity index is 779. The highest BCUT2D eigenvalue weighted by molar-refractivity contribution is 7.89. The third kappa shape index (κ3) is 5.93. The van der Waals surface area contributed by atoms with Crippen LogP contribution in [0.2, 0.25) is 0 Å². The van der Waals surface area contributed by atoms with Gasteiger partial charge in [0.25, 0.3) is 5.91 Å². The average molecular weight is 427 g/mol. The Morgan fingerprint density at radius 2 is 2.00 bits per heavy atom. The number of sulfonamides is 1. The molecule has 29 heavy (non-hydrogen) atoms. The largest absolute Gasteiger partial charge is 0.497 e. The summed E-state index contributed by atoms with van der Waals surface area (Å²) in [6.45, 7) is 8.50. The number of hydrogen-bond acceptors (Lipinski definition) is 5. The maximum Gasteiger partial charge on any atom is 0.251 e. The number of nitrogens with zero attached hydrogens (tertiary/aromatic N) is 1. The second-order valence-electron chi connectivity index (χ2n) is 8.08. The van der Waals surface area contributed by atoms with Crippen molar-refractivity contribution in [2.24, 2.45) is 5.92 Å². The second kappa shape index (κ2) is 9.91. The van der Waals surface area contributed by atoms with Crippen LogP contribution in [-0.2, 0) is 14.8 Å². The van der Waals surface area contributed by atoms with Crippen molar-refractivity contribution in [2.45, 2.75) is 58.7 Å². The molecule has 0 radical (unpaired) electrons. The molecule has 1 heterocycles. The highest BCUT2D eigenvalue weighted by atomic mass is 32.2. The van der Waals surface area contributed by atoms with E-state index in [2.05, 4.69) is 19.2 Å². The van der Waals surface area contributed by atoms with E-state index in [1.54, 1.807) is 35.7 Å². The van der Waals surface area contributed by atoms with Crippen molar-refractivity contribution in [3.8, 4) is 5.75 Å². The molecule has 8 heteroatoms. The first-order valence-corrected chi connectivity index (χ1v) is 11.8. The monoisotopic (exact) mass is 426 g/mol. The maximum atomic E-state index is 13.1. The topological polar surface area (TPSA) is 84.9 Å². The summed E-state index contributed by atoms with van der Waals surface area (Å²) in [5, 5.41) is 2.70. The number of carbonyl (C=O) groups excluding carboxylic acids is 1. The Kier molecular flexibility index (Phi) is 8.08. The SMILES string of the molecule is CC[C@H]1CO[C@](C)(CCC(C)C)N1S(=O)(=O)CCNC(=O)c1ccc(OC)cc1. The minimum Gasteiger partial charge on any atom is -0.497 e. The molecule has 0 aromatic heterocycles. The van der Waals surface area contributed by atoms with Crippen LogP contribution in [0.4, 0.5) is 0 Å². The predicted octanol–water partition coefficient (Wildman–Crippen LogP) is 3.02. The van der Waals surface area contributed by atoms with Gasteiger partial charge in [-0.15, -0.1) is 0 Å². The van der Waals surface area contributed by atoms with Gasteiger partial charge in [0.2, 0.25) is 10.0 Å². The third-order valence-corrected chi connectivity index (χ3v) is 7.34. The summed E-state index contributed by atoms with van der Waals surface area (Å²) in [6.07, 6.45) is 2.22. The van der Waals surface area contributed by atoms with Crippen molar-refractivity contribution < 1.29 is 22.7 Å². The van der Waals surface area contributed by atoms with Crippen LogP contribution in [0, 0.1) is 5.92 Å². The van der Waals surface area contributed by atoms with Crippen molar-refractivity contribution in [2.75, 3.05) is 26.0 Å². The Balaban J connectivity index is 2.02. The number of hydrogen-bond donors (Lipinski definition) is 1. The summed E-state index contributed by atoms with van der Waals surface area (Å²) in [6, 6.07) is 6.51. The highest BCUT2D eigenvalue weighted by Crippen LogP contribution is 2.36. The van der Waals surface area contributed by atoms with Gasteiger partial charge in [0, 0.05) is 12.1 Å². The second-order valence-corrected chi connectivity index (χ2v) is 10.0. The van der Waals surface area contributed by atoms with Crippen LogP contribution in [-0.4, -0.2) is 56.4 Å². The molecule has 1 aromatic carbocycles. The van der Waals surface area contributed by atoms with E-state index >= 15 is 0 Å². The zero-order valence-corrected chi connectivity index (χ0v) is 18.9. The molecule has 7 nitrogen and oxygen atoms in total. The molecule has 1 amide bonds. The molecule has 1 aliphatic heterocycles. The van der Waals surface area contributed by atoms with Crippen molar-refractivity contribution in [1.29, 1.82) is 0 Å². The van der Waals surface area contributed by atoms with E-state index < -0.39 is 15.7 Å². The molecule has 1 aromatic rings. The maximum absolute atomic E-state index is 13.1. The molecule has 164 valence electrons. The fraction of sp³-hybridized carbons (Fsp3) is 0.667. The van der Waals surface area contributed by atoms with E-state index in [4.69, 9.17) is 9.47 Å². The minimum atomic E-state index is -3.59. The number of carbonyl (C=O) groups is 1. The van der Waals surface area contributed by atoms with E-state index in [9.17, 15) is 13.2 Å². The van der Waals surface area contributed by atoms with Gasteiger partial charge in [0.15, 0.2) is 0 Å². The first-order chi connectivity index (χ1) is 13.6. The van der Waals surface area contributed by atoms with Crippen LogP contribution in [0.1, 0.15) is 57.3 Å². The van der Waals surface area contributed by atoms with Crippen LogP contribution >= 0.6 is 0 Å². The van der Waals surface area contributed by atoms with Gasteiger partial charge in [-0.3, -0.25) is 4.79 Å². The summed E-state index contributed by atoms with van der Waals surface area (Å²) in [5.74, 6) is 0.649. The fourth-order valence-electron chi connectivity index (χ4n) is 3.57. The van der Waals surface area contributed by atoms with Crippen LogP contribution < -0.4 is 10.1 Å².